The maximum atomic E-state index is 13.0. The van der Waals surface area contributed by atoms with E-state index in [0.717, 1.165) is 18.2 Å². The summed E-state index contributed by atoms with van der Waals surface area (Å²) in [7, 11) is 1.67. The Hall–Kier alpha value is -4.16. The molecule has 0 radical (unpaired) electrons. The van der Waals surface area contributed by atoms with Gasteiger partial charge in [-0.25, -0.2) is 4.98 Å². The molecule has 2 aromatic carbocycles. The lowest BCUT2D eigenvalue weighted by Gasteiger charge is -2.21. The van der Waals surface area contributed by atoms with Crippen LogP contribution in [0.15, 0.2) is 36.4 Å². The number of alkyl halides is 3. The van der Waals surface area contributed by atoms with Gasteiger partial charge in [0, 0.05) is 24.4 Å². The van der Waals surface area contributed by atoms with Crippen LogP contribution < -0.4 is 15.0 Å². The molecule has 0 saturated heterocycles. The molecule has 0 aliphatic heterocycles. The van der Waals surface area contributed by atoms with E-state index >= 15 is 0 Å². The number of aromatic amines is 1. The standard InChI is InChI=1S/C20H19F3N6O4/c1-11-8-17(28(3)10-18-24-12(2)26-27-18)15(9-16(11)29(31)32)19(30)25-13-4-6-14(7-5-13)33-20(21,22)23/h4-9H,10H2,1-3H3,(H,25,30)(H,24,26,27). The molecule has 1 amide bonds. The second-order valence-electron chi connectivity index (χ2n) is 7.13. The molecule has 174 valence electrons. The number of nitrogens with one attached hydrogen (secondary N) is 2. The number of carbonyl (C=O) groups excluding carboxylic acids is 1. The Morgan fingerprint density at radius 3 is 2.45 bits per heavy atom. The van der Waals surface area contributed by atoms with Crippen molar-refractivity contribution in [2.24, 2.45) is 0 Å². The van der Waals surface area contributed by atoms with Crippen molar-refractivity contribution in [2.75, 3.05) is 17.3 Å². The number of carbonyl (C=O) groups is 1. The molecule has 1 aromatic heterocycles. The third kappa shape index (κ3) is 5.96. The Morgan fingerprint density at radius 1 is 1.24 bits per heavy atom. The minimum atomic E-state index is -4.84. The third-order valence-corrected chi connectivity index (χ3v) is 4.53. The predicted molar refractivity (Wildman–Crippen MR) is 112 cm³/mol. The van der Waals surface area contributed by atoms with Gasteiger partial charge < -0.3 is 15.0 Å². The first-order chi connectivity index (χ1) is 15.4. The van der Waals surface area contributed by atoms with Crippen molar-refractivity contribution in [3.8, 4) is 5.75 Å². The quantitative estimate of drug-likeness (QED) is 0.398. The van der Waals surface area contributed by atoms with E-state index < -0.39 is 22.9 Å². The fraction of sp³-hybridized carbons (Fsp3) is 0.250. The van der Waals surface area contributed by atoms with Crippen molar-refractivity contribution in [1.29, 1.82) is 0 Å². The van der Waals surface area contributed by atoms with Gasteiger partial charge in [-0.2, -0.15) is 5.10 Å². The number of nitro benzene ring substituents is 1. The van der Waals surface area contributed by atoms with Crippen LogP contribution in [0, 0.1) is 24.0 Å². The summed E-state index contributed by atoms with van der Waals surface area (Å²) >= 11 is 0. The molecule has 33 heavy (non-hydrogen) atoms. The van der Waals surface area contributed by atoms with Gasteiger partial charge in [-0.3, -0.25) is 20.0 Å². The molecule has 0 unspecified atom stereocenters. The van der Waals surface area contributed by atoms with Crippen LogP contribution in [-0.2, 0) is 6.54 Å². The minimum Gasteiger partial charge on any atom is -0.406 e. The Labute approximate surface area is 185 Å². The molecule has 0 spiro atoms. The lowest BCUT2D eigenvalue weighted by molar-refractivity contribution is -0.385. The molecule has 0 aliphatic carbocycles. The summed E-state index contributed by atoms with van der Waals surface area (Å²) in [5.41, 5.74) is 0.655. The second kappa shape index (κ2) is 9.14. The maximum absolute atomic E-state index is 13.0. The van der Waals surface area contributed by atoms with Crippen LogP contribution in [0.3, 0.4) is 0 Å². The number of aryl methyl sites for hydroxylation is 2. The van der Waals surface area contributed by atoms with Gasteiger partial charge >= 0.3 is 6.36 Å². The summed E-state index contributed by atoms with van der Waals surface area (Å²) in [5, 5.41) is 20.7. The van der Waals surface area contributed by atoms with E-state index in [1.807, 2.05) is 0 Å². The molecule has 2 N–H and O–H groups in total. The van der Waals surface area contributed by atoms with Gasteiger partial charge in [-0.1, -0.05) is 0 Å². The number of benzene rings is 2. The molecule has 3 rings (SSSR count). The summed E-state index contributed by atoms with van der Waals surface area (Å²) in [6, 6.07) is 7.19. The van der Waals surface area contributed by atoms with Crippen LogP contribution in [-0.4, -0.2) is 39.4 Å². The Bertz CT molecular complexity index is 1180. The number of anilines is 2. The molecule has 10 nitrogen and oxygen atoms in total. The smallest absolute Gasteiger partial charge is 0.406 e. The number of amides is 1. The highest BCUT2D eigenvalue weighted by molar-refractivity contribution is 6.08. The van der Waals surface area contributed by atoms with Gasteiger partial charge in [0.25, 0.3) is 11.6 Å². The van der Waals surface area contributed by atoms with Crippen LogP contribution in [0.5, 0.6) is 5.75 Å². The monoisotopic (exact) mass is 464 g/mol. The average molecular weight is 464 g/mol. The number of nitrogens with zero attached hydrogens (tertiary/aromatic N) is 4. The van der Waals surface area contributed by atoms with Gasteiger partial charge in [-0.05, 0) is 44.2 Å². The van der Waals surface area contributed by atoms with Gasteiger partial charge in [-0.15, -0.1) is 13.2 Å². The molecule has 1 heterocycles. The van der Waals surface area contributed by atoms with Crippen LogP contribution >= 0.6 is 0 Å². The highest BCUT2D eigenvalue weighted by Gasteiger charge is 2.31. The molecule has 3 aromatic rings. The zero-order valence-corrected chi connectivity index (χ0v) is 17.7. The van der Waals surface area contributed by atoms with Crippen molar-refractivity contribution in [3.63, 3.8) is 0 Å². The number of hydrogen-bond donors (Lipinski definition) is 2. The molecule has 0 bridgehead atoms. The summed E-state index contributed by atoms with van der Waals surface area (Å²) < 4.78 is 40.8. The van der Waals surface area contributed by atoms with Crippen LogP contribution in [0.1, 0.15) is 27.6 Å². The van der Waals surface area contributed by atoms with Gasteiger partial charge in [0.2, 0.25) is 0 Å². The second-order valence-corrected chi connectivity index (χ2v) is 7.13. The fourth-order valence-electron chi connectivity index (χ4n) is 3.07. The van der Waals surface area contributed by atoms with Gasteiger partial charge in [0.15, 0.2) is 5.82 Å². The van der Waals surface area contributed by atoms with Crippen molar-refractivity contribution >= 4 is 23.0 Å². The zero-order chi connectivity index (χ0) is 24.3. The first-order valence-corrected chi connectivity index (χ1v) is 9.48. The maximum Gasteiger partial charge on any atom is 0.573 e. The van der Waals surface area contributed by atoms with E-state index in [-0.39, 0.29) is 23.5 Å². The summed E-state index contributed by atoms with van der Waals surface area (Å²) in [4.78, 5) is 29.7. The highest BCUT2D eigenvalue weighted by atomic mass is 19.4. The SMILES string of the molecule is Cc1nc(CN(C)c2cc(C)c([N+](=O)[O-])cc2C(=O)Nc2ccc(OC(F)(F)F)cc2)n[nH]1. The van der Waals surface area contributed by atoms with Gasteiger partial charge in [0.05, 0.1) is 22.7 Å². The summed E-state index contributed by atoms with van der Waals surface area (Å²) in [5.74, 6) is -0.0730. The molecular formula is C20H19F3N6O4. The predicted octanol–water partition coefficient (Wildman–Crippen LogP) is 4.12. The number of aromatic nitrogens is 3. The molecule has 0 fully saturated rings. The van der Waals surface area contributed by atoms with Crippen LogP contribution in [0.2, 0.25) is 0 Å². The van der Waals surface area contributed by atoms with E-state index in [1.54, 1.807) is 25.8 Å². The zero-order valence-electron chi connectivity index (χ0n) is 17.7. The summed E-state index contributed by atoms with van der Waals surface area (Å²) in [6.07, 6.45) is -4.84. The van der Waals surface area contributed by atoms with E-state index in [0.29, 0.717) is 22.9 Å². The lowest BCUT2D eigenvalue weighted by atomic mass is 10.1. The molecule has 0 aliphatic rings. The molecular weight excluding hydrogens is 445 g/mol. The average Bonchev–Trinajstić information content (AvgIpc) is 3.12. The minimum absolute atomic E-state index is 0.00215. The van der Waals surface area contributed by atoms with E-state index in [4.69, 9.17) is 0 Å². The van der Waals surface area contributed by atoms with E-state index in [9.17, 15) is 28.1 Å². The van der Waals surface area contributed by atoms with Gasteiger partial charge in [0.1, 0.15) is 11.6 Å². The highest BCUT2D eigenvalue weighted by Crippen LogP contribution is 2.31. The number of H-pyrrole nitrogens is 1. The Kier molecular flexibility index (Phi) is 6.51. The van der Waals surface area contributed by atoms with E-state index in [2.05, 4.69) is 25.2 Å². The first-order valence-electron chi connectivity index (χ1n) is 9.48. The Morgan fingerprint density at radius 2 is 1.91 bits per heavy atom. The van der Waals surface area contributed by atoms with Crippen molar-refractivity contribution in [2.45, 2.75) is 26.8 Å². The third-order valence-electron chi connectivity index (χ3n) is 4.53. The van der Waals surface area contributed by atoms with Crippen molar-refractivity contribution < 1.29 is 27.6 Å². The topological polar surface area (TPSA) is 126 Å². The molecule has 13 heteroatoms. The first kappa shape index (κ1) is 23.5. The fourth-order valence-corrected chi connectivity index (χ4v) is 3.07. The molecule has 0 saturated carbocycles. The molecule has 0 atom stereocenters. The van der Waals surface area contributed by atoms with Crippen LogP contribution in [0.25, 0.3) is 0 Å². The Balaban J connectivity index is 1.89. The number of rotatable bonds is 7. The van der Waals surface area contributed by atoms with Crippen molar-refractivity contribution in [3.05, 3.63) is 69.3 Å². The van der Waals surface area contributed by atoms with E-state index in [1.165, 1.54) is 18.2 Å². The number of nitro groups is 1. The number of ether oxygens (including phenoxy) is 1. The normalized spacial score (nSPS) is 11.2. The largest absolute Gasteiger partial charge is 0.573 e. The summed E-state index contributed by atoms with van der Waals surface area (Å²) in [6.45, 7) is 3.50. The van der Waals surface area contributed by atoms with Crippen LogP contribution in [0.4, 0.5) is 30.2 Å². The number of hydrogen-bond acceptors (Lipinski definition) is 7. The number of halogens is 3. The van der Waals surface area contributed by atoms with Crippen molar-refractivity contribution in [1.82, 2.24) is 15.2 Å². The lowest BCUT2D eigenvalue weighted by Crippen LogP contribution is -2.23.